The predicted molar refractivity (Wildman–Crippen MR) is 71.7 cm³/mol. The smallest absolute Gasteiger partial charge is 0.227 e. The monoisotopic (exact) mass is 264 g/mol. The lowest BCUT2D eigenvalue weighted by Crippen LogP contribution is -1.95. The van der Waals surface area contributed by atoms with E-state index in [9.17, 15) is 0 Å². The Labute approximate surface area is 112 Å². The fraction of sp³-hybridized carbons (Fsp3) is 0.429. The second-order valence-corrected chi connectivity index (χ2v) is 4.81. The summed E-state index contributed by atoms with van der Waals surface area (Å²) in [5.41, 5.74) is 1.27. The first-order valence-corrected chi connectivity index (χ1v) is 6.73. The molecule has 0 N–H and O–H groups in total. The van der Waals surface area contributed by atoms with Crippen molar-refractivity contribution in [3.63, 3.8) is 0 Å². The van der Waals surface area contributed by atoms with Crippen molar-refractivity contribution in [2.75, 3.05) is 0 Å². The van der Waals surface area contributed by atoms with E-state index >= 15 is 0 Å². The van der Waals surface area contributed by atoms with Gasteiger partial charge in [0.15, 0.2) is 5.82 Å². The number of alkyl halides is 1. The molecule has 0 radical (unpaired) electrons. The topological polar surface area (TPSA) is 38.9 Å². The van der Waals surface area contributed by atoms with Gasteiger partial charge in [0.2, 0.25) is 5.89 Å². The molecule has 0 amide bonds. The molecule has 0 aliphatic heterocycles. The van der Waals surface area contributed by atoms with Gasteiger partial charge in [-0.25, -0.2) is 0 Å². The van der Waals surface area contributed by atoms with Gasteiger partial charge in [0.25, 0.3) is 0 Å². The van der Waals surface area contributed by atoms with Gasteiger partial charge >= 0.3 is 0 Å². The van der Waals surface area contributed by atoms with Crippen LogP contribution in [0.3, 0.4) is 0 Å². The van der Waals surface area contributed by atoms with Gasteiger partial charge in [0.05, 0.1) is 5.38 Å². The van der Waals surface area contributed by atoms with Crippen molar-refractivity contribution in [3.05, 3.63) is 47.6 Å². The van der Waals surface area contributed by atoms with Crippen LogP contribution in [0.5, 0.6) is 0 Å². The van der Waals surface area contributed by atoms with Crippen LogP contribution in [-0.2, 0) is 12.8 Å². The maximum atomic E-state index is 6.15. The fourth-order valence-electron chi connectivity index (χ4n) is 1.78. The summed E-state index contributed by atoms with van der Waals surface area (Å²) >= 11 is 6.15. The molecule has 0 saturated carbocycles. The number of hydrogen-bond donors (Lipinski definition) is 0. The molecule has 1 atom stereocenters. The van der Waals surface area contributed by atoms with Crippen molar-refractivity contribution in [1.82, 2.24) is 10.1 Å². The minimum absolute atomic E-state index is 0.135. The standard InChI is InChI=1S/C14H17ClN2O/c1-2-6-12(15)14-16-13(18-17-14)10-9-11-7-4-3-5-8-11/h3-5,7-8,12H,2,6,9-10H2,1H3. The number of aryl methyl sites for hydroxylation is 2. The second kappa shape index (κ2) is 6.55. The van der Waals surface area contributed by atoms with Crippen LogP contribution in [0, 0.1) is 0 Å². The summed E-state index contributed by atoms with van der Waals surface area (Å²) in [6.45, 7) is 2.09. The van der Waals surface area contributed by atoms with E-state index in [1.165, 1.54) is 5.56 Å². The molecule has 2 rings (SSSR count). The lowest BCUT2D eigenvalue weighted by molar-refractivity contribution is 0.372. The third-order valence-corrected chi connectivity index (χ3v) is 3.19. The van der Waals surface area contributed by atoms with E-state index in [0.29, 0.717) is 11.7 Å². The van der Waals surface area contributed by atoms with Crippen molar-refractivity contribution >= 4 is 11.6 Å². The van der Waals surface area contributed by atoms with Gasteiger partial charge < -0.3 is 4.52 Å². The summed E-state index contributed by atoms with van der Waals surface area (Å²) in [6, 6.07) is 10.3. The van der Waals surface area contributed by atoms with Gasteiger partial charge in [-0.15, -0.1) is 11.6 Å². The highest BCUT2D eigenvalue weighted by Gasteiger charge is 2.14. The summed E-state index contributed by atoms with van der Waals surface area (Å²) in [7, 11) is 0. The highest BCUT2D eigenvalue weighted by molar-refractivity contribution is 6.20. The first-order valence-electron chi connectivity index (χ1n) is 6.30. The molecule has 0 spiro atoms. The minimum atomic E-state index is -0.135. The average Bonchev–Trinajstić information content (AvgIpc) is 2.87. The van der Waals surface area contributed by atoms with E-state index in [0.717, 1.165) is 25.7 Å². The van der Waals surface area contributed by atoms with E-state index in [2.05, 4.69) is 29.2 Å². The van der Waals surface area contributed by atoms with Crippen LogP contribution in [-0.4, -0.2) is 10.1 Å². The van der Waals surface area contributed by atoms with Gasteiger partial charge in [-0.3, -0.25) is 0 Å². The average molecular weight is 265 g/mol. The quantitative estimate of drug-likeness (QED) is 0.742. The molecule has 0 aliphatic carbocycles. The number of benzene rings is 1. The van der Waals surface area contributed by atoms with Crippen LogP contribution in [0.2, 0.25) is 0 Å². The summed E-state index contributed by atoms with van der Waals surface area (Å²) < 4.78 is 5.21. The highest BCUT2D eigenvalue weighted by Crippen LogP contribution is 2.22. The normalized spacial score (nSPS) is 12.6. The van der Waals surface area contributed by atoms with Crippen LogP contribution >= 0.6 is 11.6 Å². The Morgan fingerprint density at radius 3 is 2.72 bits per heavy atom. The van der Waals surface area contributed by atoms with E-state index < -0.39 is 0 Å². The molecule has 96 valence electrons. The van der Waals surface area contributed by atoms with Crippen molar-refractivity contribution in [1.29, 1.82) is 0 Å². The summed E-state index contributed by atoms with van der Waals surface area (Å²) in [5.74, 6) is 1.28. The third-order valence-electron chi connectivity index (χ3n) is 2.78. The Morgan fingerprint density at radius 2 is 2.00 bits per heavy atom. The number of aromatic nitrogens is 2. The molecule has 2 aromatic rings. The van der Waals surface area contributed by atoms with Crippen molar-refractivity contribution in [2.45, 2.75) is 38.0 Å². The van der Waals surface area contributed by atoms with Gasteiger partial charge in [-0.1, -0.05) is 48.8 Å². The Kier molecular flexibility index (Phi) is 4.76. The molecule has 3 nitrogen and oxygen atoms in total. The number of hydrogen-bond acceptors (Lipinski definition) is 3. The van der Waals surface area contributed by atoms with Crippen LogP contribution in [0.1, 0.15) is 42.4 Å². The molecule has 0 bridgehead atoms. The lowest BCUT2D eigenvalue weighted by atomic mass is 10.1. The molecule has 18 heavy (non-hydrogen) atoms. The van der Waals surface area contributed by atoms with E-state index in [4.69, 9.17) is 16.1 Å². The highest BCUT2D eigenvalue weighted by atomic mass is 35.5. The Morgan fingerprint density at radius 1 is 1.22 bits per heavy atom. The van der Waals surface area contributed by atoms with Crippen molar-refractivity contribution < 1.29 is 4.52 Å². The summed E-state index contributed by atoms with van der Waals surface area (Å²) in [5, 5.41) is 3.79. The Balaban J connectivity index is 1.91. The zero-order valence-electron chi connectivity index (χ0n) is 10.5. The largest absolute Gasteiger partial charge is 0.339 e. The Hall–Kier alpha value is -1.35. The first kappa shape index (κ1) is 13.1. The molecule has 1 unspecified atom stereocenters. The van der Waals surface area contributed by atoms with E-state index in [1.54, 1.807) is 0 Å². The SMILES string of the molecule is CCCC(Cl)c1noc(CCc2ccccc2)n1. The Bertz CT molecular complexity index is 470. The third kappa shape index (κ3) is 3.57. The number of rotatable bonds is 6. The van der Waals surface area contributed by atoms with Crippen molar-refractivity contribution in [3.8, 4) is 0 Å². The van der Waals surface area contributed by atoms with Gasteiger partial charge in [0.1, 0.15) is 0 Å². The summed E-state index contributed by atoms with van der Waals surface area (Å²) in [6.07, 6.45) is 3.55. The maximum Gasteiger partial charge on any atom is 0.227 e. The van der Waals surface area contributed by atoms with Gasteiger partial charge in [0, 0.05) is 6.42 Å². The molecule has 1 aromatic carbocycles. The molecule has 0 aliphatic rings. The molecular formula is C14H17ClN2O. The second-order valence-electron chi connectivity index (χ2n) is 4.29. The zero-order valence-corrected chi connectivity index (χ0v) is 11.2. The zero-order chi connectivity index (χ0) is 12.8. The molecule has 4 heteroatoms. The lowest BCUT2D eigenvalue weighted by Gasteiger charge is -1.99. The van der Waals surface area contributed by atoms with Crippen LogP contribution in [0.15, 0.2) is 34.9 Å². The van der Waals surface area contributed by atoms with Crippen LogP contribution < -0.4 is 0 Å². The van der Waals surface area contributed by atoms with Crippen LogP contribution in [0.25, 0.3) is 0 Å². The molecule has 0 saturated heterocycles. The van der Waals surface area contributed by atoms with Crippen LogP contribution in [0.4, 0.5) is 0 Å². The molecular weight excluding hydrogens is 248 g/mol. The fourth-order valence-corrected chi connectivity index (χ4v) is 2.08. The first-order chi connectivity index (χ1) is 8.79. The minimum Gasteiger partial charge on any atom is -0.339 e. The van der Waals surface area contributed by atoms with Gasteiger partial charge in [-0.05, 0) is 18.4 Å². The van der Waals surface area contributed by atoms with E-state index in [1.807, 2.05) is 18.2 Å². The predicted octanol–water partition coefficient (Wildman–Crippen LogP) is 3.93. The van der Waals surface area contributed by atoms with Crippen molar-refractivity contribution in [2.24, 2.45) is 0 Å². The van der Waals surface area contributed by atoms with E-state index in [-0.39, 0.29) is 5.38 Å². The summed E-state index contributed by atoms with van der Waals surface area (Å²) in [4.78, 5) is 4.33. The van der Waals surface area contributed by atoms with Gasteiger partial charge in [-0.2, -0.15) is 4.98 Å². The number of halogens is 1. The molecule has 1 heterocycles. The molecule has 1 aromatic heterocycles. The number of nitrogens with zero attached hydrogens (tertiary/aromatic N) is 2. The maximum absolute atomic E-state index is 6.15. The molecule has 0 fully saturated rings.